The first-order valence-corrected chi connectivity index (χ1v) is 10.2. The van der Waals surface area contributed by atoms with E-state index in [0.29, 0.717) is 24.4 Å². The van der Waals surface area contributed by atoms with E-state index in [1.54, 1.807) is 0 Å². The third kappa shape index (κ3) is 4.63. The average molecular weight is 530 g/mol. The molecule has 0 aliphatic carbocycles. The van der Waals surface area contributed by atoms with Gasteiger partial charge in [-0.3, -0.25) is 14.2 Å². The van der Waals surface area contributed by atoms with Gasteiger partial charge in [-0.05, 0) is 36.4 Å². The van der Waals surface area contributed by atoms with Crippen molar-refractivity contribution in [2.75, 3.05) is 0 Å². The van der Waals surface area contributed by atoms with Crippen LogP contribution in [0.15, 0.2) is 59.5 Å². The highest BCUT2D eigenvalue weighted by atomic mass is 35.5. The zero-order valence-corrected chi connectivity index (χ0v) is 18.3. The topological polar surface area (TPSA) is 64.0 Å². The van der Waals surface area contributed by atoms with Crippen LogP contribution in [0.4, 0.5) is 30.7 Å². The number of hydrogen-bond donors (Lipinski definition) is 1. The zero-order valence-electron chi connectivity index (χ0n) is 17.5. The molecular formula is C23H11ClF7N3O2. The minimum absolute atomic E-state index is 0.150. The summed E-state index contributed by atoms with van der Waals surface area (Å²) in [5, 5.41) is 0.932. The van der Waals surface area contributed by atoms with E-state index in [-0.39, 0.29) is 16.2 Å². The van der Waals surface area contributed by atoms with Gasteiger partial charge in [0.2, 0.25) is 5.43 Å². The van der Waals surface area contributed by atoms with Gasteiger partial charge in [0.15, 0.2) is 6.04 Å². The SMILES string of the molecule is O=C(NC(c1c(F)cccc1F)C(F)(F)F)c1cn(-c2ccc(F)cc2F)c2nc(Cl)ccc2c1=O. The fourth-order valence-corrected chi connectivity index (χ4v) is 3.66. The Morgan fingerprint density at radius 2 is 1.64 bits per heavy atom. The van der Waals surface area contributed by atoms with Gasteiger partial charge >= 0.3 is 6.18 Å². The Balaban J connectivity index is 1.91. The second kappa shape index (κ2) is 9.26. The van der Waals surface area contributed by atoms with Crippen LogP contribution in [0, 0.1) is 23.3 Å². The van der Waals surface area contributed by atoms with E-state index in [1.807, 2.05) is 0 Å². The number of alkyl halides is 3. The molecule has 0 radical (unpaired) electrons. The molecule has 1 N–H and O–H groups in total. The predicted octanol–water partition coefficient (Wildman–Crippen LogP) is 5.63. The number of nitrogens with one attached hydrogen (secondary N) is 1. The van der Waals surface area contributed by atoms with Gasteiger partial charge in [-0.1, -0.05) is 17.7 Å². The summed E-state index contributed by atoms with van der Waals surface area (Å²) >= 11 is 5.86. The smallest absolute Gasteiger partial charge is 0.336 e. The normalized spacial score (nSPS) is 12.6. The number of halogens is 8. The lowest BCUT2D eigenvalue weighted by Gasteiger charge is -2.23. The monoisotopic (exact) mass is 529 g/mol. The summed E-state index contributed by atoms with van der Waals surface area (Å²) in [4.78, 5) is 29.8. The molecule has 1 amide bonds. The van der Waals surface area contributed by atoms with E-state index in [0.717, 1.165) is 34.9 Å². The van der Waals surface area contributed by atoms with Crippen LogP contribution in [0.2, 0.25) is 5.15 Å². The van der Waals surface area contributed by atoms with E-state index in [1.165, 1.54) is 5.32 Å². The van der Waals surface area contributed by atoms with Crippen LogP contribution in [-0.2, 0) is 0 Å². The summed E-state index contributed by atoms with van der Waals surface area (Å²) < 4.78 is 98.2. The summed E-state index contributed by atoms with van der Waals surface area (Å²) in [6, 6.07) is 3.33. The van der Waals surface area contributed by atoms with Crippen LogP contribution in [0.3, 0.4) is 0 Å². The van der Waals surface area contributed by atoms with Gasteiger partial charge < -0.3 is 5.32 Å². The third-order valence-electron chi connectivity index (χ3n) is 5.12. The molecule has 0 saturated heterocycles. The first-order valence-electron chi connectivity index (χ1n) is 9.87. The quantitative estimate of drug-likeness (QED) is 0.275. The lowest BCUT2D eigenvalue weighted by atomic mass is 10.0. The number of carbonyl (C=O) groups excluding carboxylic acids is 1. The van der Waals surface area contributed by atoms with Gasteiger partial charge in [-0.2, -0.15) is 13.2 Å². The molecule has 4 aromatic rings. The van der Waals surface area contributed by atoms with Gasteiger partial charge in [0.25, 0.3) is 5.91 Å². The number of carbonyl (C=O) groups is 1. The summed E-state index contributed by atoms with van der Waals surface area (Å²) in [6.45, 7) is 0. The first kappa shape index (κ1) is 25.2. The van der Waals surface area contributed by atoms with Crippen molar-refractivity contribution >= 4 is 28.5 Å². The summed E-state index contributed by atoms with van der Waals surface area (Å²) in [7, 11) is 0. The molecule has 2 aromatic carbocycles. The molecule has 0 bridgehead atoms. The maximum absolute atomic E-state index is 14.5. The highest BCUT2D eigenvalue weighted by molar-refractivity contribution is 6.29. The summed E-state index contributed by atoms with van der Waals surface area (Å²) in [5.74, 6) is -6.94. The van der Waals surface area contributed by atoms with Crippen LogP contribution in [0.5, 0.6) is 0 Å². The van der Waals surface area contributed by atoms with E-state index in [4.69, 9.17) is 11.6 Å². The largest absolute Gasteiger partial charge is 0.413 e. The molecule has 2 heterocycles. The zero-order chi connectivity index (χ0) is 26.4. The maximum atomic E-state index is 14.5. The Bertz CT molecular complexity index is 1550. The van der Waals surface area contributed by atoms with Crippen molar-refractivity contribution in [3.63, 3.8) is 0 Å². The second-order valence-corrected chi connectivity index (χ2v) is 7.81. The number of amides is 1. The second-order valence-electron chi connectivity index (χ2n) is 7.43. The average Bonchev–Trinajstić information content (AvgIpc) is 2.78. The number of fused-ring (bicyclic) bond motifs is 1. The van der Waals surface area contributed by atoms with Crippen LogP contribution in [0.25, 0.3) is 16.7 Å². The van der Waals surface area contributed by atoms with Crippen molar-refractivity contribution in [3.8, 4) is 5.69 Å². The van der Waals surface area contributed by atoms with Crippen LogP contribution < -0.4 is 10.7 Å². The van der Waals surface area contributed by atoms with E-state index in [2.05, 4.69) is 4.98 Å². The standard InChI is InChI=1S/C23H11ClF7N3O2/c24-17-7-5-11-19(35)12(9-34(21(11)32-17)16-6-4-10(25)8-15(16)28)22(36)33-20(23(29,30)31)18-13(26)2-1-3-14(18)27/h1-9,20H,(H,33,36). The third-order valence-corrected chi connectivity index (χ3v) is 5.33. The van der Waals surface area contributed by atoms with Crippen LogP contribution in [0.1, 0.15) is 22.0 Å². The summed E-state index contributed by atoms with van der Waals surface area (Å²) in [6.07, 6.45) is -4.70. The van der Waals surface area contributed by atoms with Gasteiger partial charge in [0.05, 0.1) is 16.6 Å². The highest BCUT2D eigenvalue weighted by Crippen LogP contribution is 2.35. The molecule has 5 nitrogen and oxygen atoms in total. The molecule has 13 heteroatoms. The van der Waals surface area contributed by atoms with Crippen LogP contribution in [-0.4, -0.2) is 21.6 Å². The number of benzene rings is 2. The van der Waals surface area contributed by atoms with E-state index < -0.39 is 63.6 Å². The number of aromatic nitrogens is 2. The maximum Gasteiger partial charge on any atom is 0.413 e. The number of nitrogens with zero attached hydrogens (tertiary/aromatic N) is 2. The fraction of sp³-hybridized carbons (Fsp3) is 0.0870. The van der Waals surface area contributed by atoms with Gasteiger partial charge in [-0.15, -0.1) is 0 Å². The molecule has 0 saturated carbocycles. The predicted molar refractivity (Wildman–Crippen MR) is 115 cm³/mol. The molecule has 0 aliphatic rings. The van der Waals surface area contributed by atoms with E-state index >= 15 is 0 Å². The number of rotatable bonds is 4. The number of pyridine rings is 2. The highest BCUT2D eigenvalue weighted by Gasteiger charge is 2.45. The molecule has 1 atom stereocenters. The molecule has 4 rings (SSSR count). The Kier molecular flexibility index (Phi) is 6.48. The Hall–Kier alpha value is -3.93. The fourth-order valence-electron chi connectivity index (χ4n) is 3.52. The Labute approximate surface area is 201 Å². The van der Waals surface area contributed by atoms with E-state index in [9.17, 15) is 40.3 Å². The Morgan fingerprint density at radius 1 is 0.972 bits per heavy atom. The lowest BCUT2D eigenvalue weighted by Crippen LogP contribution is -2.41. The van der Waals surface area contributed by atoms with Crippen molar-refractivity contribution < 1.29 is 35.5 Å². The minimum Gasteiger partial charge on any atom is -0.336 e. The first-order chi connectivity index (χ1) is 16.9. The van der Waals surface area contributed by atoms with Gasteiger partial charge in [-0.25, -0.2) is 22.5 Å². The van der Waals surface area contributed by atoms with Gasteiger partial charge in [0.1, 0.15) is 39.6 Å². The molecule has 2 aromatic heterocycles. The van der Waals surface area contributed by atoms with Crippen molar-refractivity contribution in [2.24, 2.45) is 0 Å². The van der Waals surface area contributed by atoms with Gasteiger partial charge in [0, 0.05) is 12.3 Å². The minimum atomic E-state index is -5.37. The molecular weight excluding hydrogens is 519 g/mol. The van der Waals surface area contributed by atoms with Crippen molar-refractivity contribution in [1.82, 2.24) is 14.9 Å². The lowest BCUT2D eigenvalue weighted by molar-refractivity contribution is -0.156. The van der Waals surface area contributed by atoms with Crippen LogP contribution >= 0.6 is 11.6 Å². The summed E-state index contributed by atoms with van der Waals surface area (Å²) in [5.41, 5.74) is -4.26. The molecule has 36 heavy (non-hydrogen) atoms. The molecule has 186 valence electrons. The number of hydrogen-bond acceptors (Lipinski definition) is 3. The molecule has 0 aliphatic heterocycles. The molecule has 0 fully saturated rings. The van der Waals surface area contributed by atoms with Crippen molar-refractivity contribution in [2.45, 2.75) is 12.2 Å². The molecule has 1 unspecified atom stereocenters. The molecule has 0 spiro atoms. The van der Waals surface area contributed by atoms with Crippen molar-refractivity contribution in [1.29, 1.82) is 0 Å². The van der Waals surface area contributed by atoms with Crippen molar-refractivity contribution in [3.05, 3.63) is 105 Å². The Morgan fingerprint density at radius 3 is 2.25 bits per heavy atom.